The Morgan fingerprint density at radius 1 is 1.19 bits per heavy atom. The second-order valence-electron chi connectivity index (χ2n) is 4.82. The van der Waals surface area contributed by atoms with E-state index in [1.54, 1.807) is 25.3 Å². The third kappa shape index (κ3) is 2.80. The maximum Gasteiger partial charge on any atom is 0.215 e. The lowest BCUT2D eigenvalue weighted by Crippen LogP contribution is -2.14. The second kappa shape index (κ2) is 5.41. The third-order valence-corrected chi connectivity index (χ3v) is 3.29. The van der Waals surface area contributed by atoms with Crippen LogP contribution in [0.25, 0.3) is 11.2 Å². The van der Waals surface area contributed by atoms with E-state index in [-0.39, 0.29) is 11.8 Å². The van der Waals surface area contributed by atoms with Gasteiger partial charge in [0, 0.05) is 6.07 Å². The third-order valence-electron chi connectivity index (χ3n) is 3.29. The van der Waals surface area contributed by atoms with Gasteiger partial charge in [-0.25, -0.2) is 4.98 Å². The quantitative estimate of drug-likeness (QED) is 0.680. The minimum absolute atomic E-state index is 0.243. The molecule has 0 radical (unpaired) electrons. The molecule has 6 heteroatoms. The first-order valence-electron chi connectivity index (χ1n) is 6.60. The topological polar surface area (TPSA) is 97.0 Å². The molecule has 2 aromatic heterocycles. The number of phenolic OH excluding ortho intramolecular Hbond substituents is 1. The van der Waals surface area contributed by atoms with Gasteiger partial charge >= 0.3 is 0 Å². The zero-order valence-corrected chi connectivity index (χ0v) is 11.6. The van der Waals surface area contributed by atoms with Gasteiger partial charge in [-0.3, -0.25) is 0 Å². The first kappa shape index (κ1) is 13.4. The molecule has 0 fully saturated rings. The second-order valence-corrected chi connectivity index (χ2v) is 4.82. The normalized spacial score (nSPS) is 12.5. The van der Waals surface area contributed by atoms with E-state index < -0.39 is 0 Å². The van der Waals surface area contributed by atoms with Crippen molar-refractivity contribution < 1.29 is 9.84 Å². The van der Waals surface area contributed by atoms with Crippen LogP contribution in [0.3, 0.4) is 0 Å². The molecule has 3 rings (SSSR count). The van der Waals surface area contributed by atoms with Gasteiger partial charge in [0.25, 0.3) is 0 Å². The van der Waals surface area contributed by atoms with Crippen molar-refractivity contribution in [3.05, 3.63) is 47.8 Å². The number of imidazole rings is 1. The number of aromatic hydroxyl groups is 1. The fraction of sp³-hybridized carbons (Fsp3) is 0.200. The first-order chi connectivity index (χ1) is 10.2. The zero-order chi connectivity index (χ0) is 14.8. The van der Waals surface area contributed by atoms with Crippen LogP contribution in [-0.4, -0.2) is 27.2 Å². The fourth-order valence-electron chi connectivity index (χ4n) is 2.17. The highest BCUT2D eigenvalue weighted by molar-refractivity contribution is 5.71. The van der Waals surface area contributed by atoms with Crippen molar-refractivity contribution in [3.8, 4) is 11.6 Å². The van der Waals surface area contributed by atoms with E-state index in [1.165, 1.54) is 0 Å². The van der Waals surface area contributed by atoms with Crippen molar-refractivity contribution in [3.63, 3.8) is 0 Å². The lowest BCUT2D eigenvalue weighted by Gasteiger charge is -2.08. The Morgan fingerprint density at radius 2 is 1.95 bits per heavy atom. The summed E-state index contributed by atoms with van der Waals surface area (Å²) >= 11 is 0. The molecule has 6 nitrogen and oxygen atoms in total. The Hall–Kier alpha value is -2.60. The summed E-state index contributed by atoms with van der Waals surface area (Å²) in [7, 11) is 1.57. The van der Waals surface area contributed by atoms with Gasteiger partial charge in [-0.15, -0.1) is 0 Å². The van der Waals surface area contributed by atoms with Crippen LogP contribution in [0.1, 0.15) is 17.4 Å². The minimum atomic E-state index is -0.269. The number of aromatic amines is 1. The Kier molecular flexibility index (Phi) is 3.45. The molecule has 0 aliphatic rings. The molecule has 0 saturated carbocycles. The lowest BCUT2D eigenvalue weighted by atomic mass is 10.1. The molecule has 0 aliphatic heterocycles. The van der Waals surface area contributed by atoms with Gasteiger partial charge in [0.15, 0.2) is 5.65 Å². The van der Waals surface area contributed by atoms with E-state index in [4.69, 9.17) is 10.5 Å². The molecule has 108 valence electrons. The molecule has 0 aliphatic carbocycles. The molecule has 1 aromatic carbocycles. The van der Waals surface area contributed by atoms with Gasteiger partial charge in [-0.2, -0.15) is 4.98 Å². The van der Waals surface area contributed by atoms with Crippen molar-refractivity contribution in [2.45, 2.75) is 12.5 Å². The summed E-state index contributed by atoms with van der Waals surface area (Å²) in [6.45, 7) is 0. The van der Waals surface area contributed by atoms with Crippen LogP contribution in [0.4, 0.5) is 0 Å². The van der Waals surface area contributed by atoms with Crippen LogP contribution < -0.4 is 10.5 Å². The highest BCUT2D eigenvalue weighted by Gasteiger charge is 2.13. The van der Waals surface area contributed by atoms with Gasteiger partial charge < -0.3 is 20.6 Å². The van der Waals surface area contributed by atoms with Crippen LogP contribution in [0.15, 0.2) is 36.4 Å². The van der Waals surface area contributed by atoms with Crippen molar-refractivity contribution in [2.24, 2.45) is 5.73 Å². The first-order valence-corrected chi connectivity index (χ1v) is 6.60. The van der Waals surface area contributed by atoms with Crippen molar-refractivity contribution in [2.75, 3.05) is 7.11 Å². The summed E-state index contributed by atoms with van der Waals surface area (Å²) in [5.41, 5.74) is 8.63. The molecule has 1 atom stereocenters. The van der Waals surface area contributed by atoms with Gasteiger partial charge in [0.05, 0.1) is 18.7 Å². The van der Waals surface area contributed by atoms with Crippen LogP contribution in [0.2, 0.25) is 0 Å². The molecule has 0 saturated heterocycles. The average Bonchev–Trinajstić information content (AvgIpc) is 2.92. The van der Waals surface area contributed by atoms with Crippen molar-refractivity contribution >= 4 is 11.2 Å². The van der Waals surface area contributed by atoms with Crippen LogP contribution in [0, 0.1) is 0 Å². The highest BCUT2D eigenvalue weighted by atomic mass is 16.5. The molecule has 4 N–H and O–H groups in total. The molecule has 1 unspecified atom stereocenters. The molecule has 0 amide bonds. The number of ether oxygens (including phenoxy) is 1. The fourth-order valence-corrected chi connectivity index (χ4v) is 2.17. The summed E-state index contributed by atoms with van der Waals surface area (Å²) < 4.78 is 5.08. The summed E-state index contributed by atoms with van der Waals surface area (Å²) in [5, 5.41) is 9.28. The molecule has 3 aromatic rings. The standard InChI is InChI=1S/C15H16N4O2/c1-21-13-7-6-12-15(18-13)19-14(17-12)11(16)8-9-2-4-10(20)5-3-9/h2-7,11,20H,8,16H2,1H3,(H,17,18,19). The molecule has 21 heavy (non-hydrogen) atoms. The Morgan fingerprint density at radius 3 is 2.67 bits per heavy atom. The number of rotatable bonds is 4. The number of nitrogens with two attached hydrogens (primary N) is 1. The van der Waals surface area contributed by atoms with Crippen LogP contribution in [-0.2, 0) is 6.42 Å². The summed E-state index contributed by atoms with van der Waals surface area (Å²) in [6, 6.07) is 10.4. The Labute approximate surface area is 121 Å². The molecule has 0 spiro atoms. The highest BCUT2D eigenvalue weighted by Crippen LogP contribution is 2.20. The number of pyridine rings is 1. The van der Waals surface area contributed by atoms with Crippen LogP contribution >= 0.6 is 0 Å². The smallest absolute Gasteiger partial charge is 0.215 e. The summed E-state index contributed by atoms with van der Waals surface area (Å²) in [4.78, 5) is 11.9. The maximum absolute atomic E-state index is 9.28. The maximum atomic E-state index is 9.28. The van der Waals surface area contributed by atoms with Crippen molar-refractivity contribution in [1.82, 2.24) is 15.0 Å². The van der Waals surface area contributed by atoms with Gasteiger partial charge in [0.2, 0.25) is 5.88 Å². The van der Waals surface area contributed by atoms with Gasteiger partial charge in [-0.1, -0.05) is 12.1 Å². The predicted octanol–water partition coefficient (Wildman–Crippen LogP) is 1.91. The van der Waals surface area contributed by atoms with Crippen molar-refractivity contribution in [1.29, 1.82) is 0 Å². The number of nitrogens with one attached hydrogen (secondary N) is 1. The van der Waals surface area contributed by atoms with Gasteiger partial charge in [0.1, 0.15) is 11.6 Å². The number of fused-ring (bicyclic) bond motifs is 1. The monoisotopic (exact) mass is 284 g/mol. The number of aromatic nitrogens is 3. The number of H-pyrrole nitrogens is 1. The number of methoxy groups -OCH3 is 1. The Balaban J connectivity index is 1.83. The van der Waals surface area contributed by atoms with Crippen LogP contribution in [0.5, 0.6) is 11.6 Å². The minimum Gasteiger partial charge on any atom is -0.508 e. The SMILES string of the molecule is COc1ccc2[nH]c(C(N)Cc3ccc(O)cc3)nc2n1. The Bertz CT molecular complexity index is 752. The number of nitrogens with zero attached hydrogens (tertiary/aromatic N) is 2. The average molecular weight is 284 g/mol. The number of hydrogen-bond donors (Lipinski definition) is 3. The molecule has 2 heterocycles. The van der Waals surface area contributed by atoms with E-state index in [9.17, 15) is 5.11 Å². The lowest BCUT2D eigenvalue weighted by molar-refractivity contribution is 0.399. The van der Waals surface area contributed by atoms with E-state index >= 15 is 0 Å². The zero-order valence-electron chi connectivity index (χ0n) is 11.6. The van der Waals surface area contributed by atoms with E-state index in [1.807, 2.05) is 18.2 Å². The summed E-state index contributed by atoms with van der Waals surface area (Å²) in [5.74, 6) is 1.44. The van der Waals surface area contributed by atoms with E-state index in [0.717, 1.165) is 11.1 Å². The molecular weight excluding hydrogens is 268 g/mol. The number of benzene rings is 1. The van der Waals surface area contributed by atoms with E-state index in [2.05, 4.69) is 15.0 Å². The molecule has 0 bridgehead atoms. The largest absolute Gasteiger partial charge is 0.508 e. The number of phenols is 1. The molecular formula is C15H16N4O2. The van der Waals surface area contributed by atoms with E-state index in [0.29, 0.717) is 23.8 Å². The number of hydrogen-bond acceptors (Lipinski definition) is 5. The van der Waals surface area contributed by atoms with Gasteiger partial charge in [-0.05, 0) is 30.2 Å². The summed E-state index contributed by atoms with van der Waals surface area (Å²) in [6.07, 6.45) is 0.622. The predicted molar refractivity (Wildman–Crippen MR) is 79.2 cm³/mol.